The van der Waals surface area contributed by atoms with Crippen molar-refractivity contribution in [1.29, 1.82) is 0 Å². The number of hydrogen-bond acceptors (Lipinski definition) is 9. The molecule has 0 amide bonds. The maximum atomic E-state index is 9.42. The molecular weight excluding hydrogens is 420 g/mol. The normalized spacial score (nSPS) is 17.0. The Kier molecular flexibility index (Phi) is 6.52. The molecule has 0 saturated carbocycles. The molecule has 5 rings (SSSR count). The van der Waals surface area contributed by atoms with Crippen LogP contribution < -0.4 is 10.2 Å². The van der Waals surface area contributed by atoms with Crippen molar-refractivity contribution in [3.8, 4) is 11.3 Å². The second-order valence-corrected chi connectivity index (χ2v) is 8.57. The fourth-order valence-electron chi connectivity index (χ4n) is 4.58. The lowest BCUT2D eigenvalue weighted by atomic mass is 10.0. The molecule has 9 heteroatoms. The smallest absolute Gasteiger partial charge is 0.229 e. The van der Waals surface area contributed by atoms with Crippen LogP contribution in [0.15, 0.2) is 41.3 Å². The van der Waals surface area contributed by atoms with E-state index in [-0.39, 0.29) is 6.61 Å². The molecule has 0 radical (unpaired) electrons. The lowest BCUT2D eigenvalue weighted by Crippen LogP contribution is -2.40. The van der Waals surface area contributed by atoms with Crippen LogP contribution in [0.4, 0.5) is 17.5 Å². The van der Waals surface area contributed by atoms with Gasteiger partial charge in [-0.05, 0) is 37.1 Å². The Morgan fingerprint density at radius 3 is 2.73 bits per heavy atom. The fraction of sp³-hybridized carbons (Fsp3) is 0.458. The molecule has 2 N–H and O–H groups in total. The Morgan fingerprint density at radius 2 is 2.00 bits per heavy atom. The summed E-state index contributed by atoms with van der Waals surface area (Å²) in [5.74, 6) is 2.31. The van der Waals surface area contributed by atoms with Gasteiger partial charge in [0.05, 0.1) is 18.5 Å². The molecule has 0 spiro atoms. The van der Waals surface area contributed by atoms with Crippen molar-refractivity contribution in [3.05, 3.63) is 48.1 Å². The molecule has 0 atom stereocenters. The zero-order chi connectivity index (χ0) is 22.6. The van der Waals surface area contributed by atoms with E-state index in [1.165, 1.54) is 6.39 Å². The summed E-state index contributed by atoms with van der Waals surface area (Å²) in [5.41, 5.74) is 4.12. The number of nitrogens with zero attached hydrogens (tertiary/aromatic N) is 5. The van der Waals surface area contributed by atoms with E-state index in [2.05, 4.69) is 27.1 Å². The standard InChI is InChI=1S/C24H30N6O3/c1-29(19-7-12-32-13-8-19)23-20-15-30(10-11-31)9-6-21(20)27-24(28-23)26-18-4-2-17(3-5-18)22-14-25-16-33-22/h2-5,14,16,19,31H,6-13,15H2,1H3,(H,26,27,28). The number of aromatic nitrogens is 3. The van der Waals surface area contributed by atoms with Crippen LogP contribution in [0.1, 0.15) is 24.1 Å². The number of aliphatic hydroxyl groups is 1. The first-order valence-electron chi connectivity index (χ1n) is 11.5. The van der Waals surface area contributed by atoms with Crippen molar-refractivity contribution in [2.45, 2.75) is 31.8 Å². The third-order valence-corrected chi connectivity index (χ3v) is 6.46. The molecule has 2 aliphatic rings. The molecule has 2 aliphatic heterocycles. The van der Waals surface area contributed by atoms with Crippen LogP contribution in [-0.4, -0.2) is 71.0 Å². The van der Waals surface area contributed by atoms with Gasteiger partial charge in [-0.25, -0.2) is 9.97 Å². The molecule has 0 bridgehead atoms. The number of fused-ring (bicyclic) bond motifs is 1. The predicted octanol–water partition coefficient (Wildman–Crippen LogP) is 2.84. The molecule has 0 unspecified atom stereocenters. The molecule has 1 saturated heterocycles. The molecule has 1 aromatic carbocycles. The summed E-state index contributed by atoms with van der Waals surface area (Å²) in [5, 5.41) is 12.8. The van der Waals surface area contributed by atoms with Gasteiger partial charge in [0.2, 0.25) is 5.95 Å². The first-order valence-corrected chi connectivity index (χ1v) is 11.5. The fourth-order valence-corrected chi connectivity index (χ4v) is 4.58. The van der Waals surface area contributed by atoms with Crippen LogP contribution in [0.2, 0.25) is 0 Å². The average molecular weight is 451 g/mol. The van der Waals surface area contributed by atoms with Crippen LogP contribution in [-0.2, 0) is 17.7 Å². The molecule has 33 heavy (non-hydrogen) atoms. The number of ether oxygens (including phenoxy) is 1. The molecular formula is C24H30N6O3. The number of anilines is 3. The van der Waals surface area contributed by atoms with Gasteiger partial charge in [0.15, 0.2) is 12.2 Å². The number of benzene rings is 1. The quantitative estimate of drug-likeness (QED) is 0.563. The van der Waals surface area contributed by atoms with Gasteiger partial charge in [-0.3, -0.25) is 4.90 Å². The topological polar surface area (TPSA) is 99.8 Å². The number of β-amino-alcohol motifs (C(OH)–C–C–N with tert-alkyl or cyclic N) is 1. The molecule has 2 aromatic heterocycles. The average Bonchev–Trinajstić information content (AvgIpc) is 3.40. The van der Waals surface area contributed by atoms with E-state index in [9.17, 15) is 5.11 Å². The molecule has 0 aliphatic carbocycles. The third-order valence-electron chi connectivity index (χ3n) is 6.46. The second-order valence-electron chi connectivity index (χ2n) is 8.57. The monoisotopic (exact) mass is 450 g/mol. The van der Waals surface area contributed by atoms with E-state index in [4.69, 9.17) is 19.1 Å². The summed E-state index contributed by atoms with van der Waals surface area (Å²) < 4.78 is 10.9. The number of hydrogen-bond donors (Lipinski definition) is 2. The van der Waals surface area contributed by atoms with Crippen molar-refractivity contribution >= 4 is 17.5 Å². The minimum Gasteiger partial charge on any atom is -0.444 e. The number of nitrogens with one attached hydrogen (secondary N) is 1. The van der Waals surface area contributed by atoms with Crippen LogP contribution in [0.3, 0.4) is 0 Å². The Labute approximate surface area is 193 Å². The Bertz CT molecular complexity index is 1050. The van der Waals surface area contributed by atoms with Crippen LogP contribution >= 0.6 is 0 Å². The Morgan fingerprint density at radius 1 is 1.18 bits per heavy atom. The molecule has 4 heterocycles. The van der Waals surface area contributed by atoms with E-state index in [1.807, 2.05) is 24.3 Å². The van der Waals surface area contributed by atoms with E-state index < -0.39 is 0 Å². The van der Waals surface area contributed by atoms with Gasteiger partial charge < -0.3 is 24.5 Å². The number of aliphatic hydroxyl groups excluding tert-OH is 1. The Hall–Kier alpha value is -3.01. The minimum atomic E-state index is 0.158. The van der Waals surface area contributed by atoms with Gasteiger partial charge in [-0.15, -0.1) is 0 Å². The summed E-state index contributed by atoms with van der Waals surface area (Å²) in [7, 11) is 2.12. The largest absolute Gasteiger partial charge is 0.444 e. The molecule has 9 nitrogen and oxygen atoms in total. The zero-order valence-electron chi connectivity index (χ0n) is 18.9. The summed E-state index contributed by atoms with van der Waals surface area (Å²) in [6.07, 6.45) is 5.95. The van der Waals surface area contributed by atoms with Crippen molar-refractivity contribution in [2.75, 3.05) is 50.2 Å². The highest BCUT2D eigenvalue weighted by Gasteiger charge is 2.27. The summed E-state index contributed by atoms with van der Waals surface area (Å²) in [6.45, 7) is 4.02. The van der Waals surface area contributed by atoms with E-state index in [0.29, 0.717) is 18.5 Å². The maximum absolute atomic E-state index is 9.42. The number of rotatable bonds is 7. The molecule has 3 aromatic rings. The van der Waals surface area contributed by atoms with E-state index in [0.717, 1.165) is 79.7 Å². The minimum absolute atomic E-state index is 0.158. The molecule has 174 valence electrons. The number of oxazole rings is 1. The Balaban J connectivity index is 1.43. The highest BCUT2D eigenvalue weighted by atomic mass is 16.5. The van der Waals surface area contributed by atoms with Gasteiger partial charge in [0.25, 0.3) is 0 Å². The highest BCUT2D eigenvalue weighted by Crippen LogP contribution is 2.31. The second kappa shape index (κ2) is 9.86. The van der Waals surface area contributed by atoms with Crippen molar-refractivity contribution in [3.63, 3.8) is 0 Å². The SMILES string of the molecule is CN(c1nc(Nc2ccc(-c3cnco3)cc2)nc2c1CN(CCO)CC2)C1CCOCC1. The van der Waals surface area contributed by atoms with Gasteiger partial charge >= 0.3 is 0 Å². The van der Waals surface area contributed by atoms with Crippen LogP contribution in [0.25, 0.3) is 11.3 Å². The lowest BCUT2D eigenvalue weighted by molar-refractivity contribution is 0.0852. The first kappa shape index (κ1) is 21.8. The summed E-state index contributed by atoms with van der Waals surface area (Å²) >= 11 is 0. The van der Waals surface area contributed by atoms with Crippen molar-refractivity contribution < 1.29 is 14.3 Å². The molecule has 1 fully saturated rings. The predicted molar refractivity (Wildman–Crippen MR) is 126 cm³/mol. The van der Waals surface area contributed by atoms with Gasteiger partial charge in [0.1, 0.15) is 5.82 Å². The van der Waals surface area contributed by atoms with Gasteiger partial charge in [-0.2, -0.15) is 4.98 Å². The summed E-state index contributed by atoms with van der Waals surface area (Å²) in [6, 6.07) is 8.35. The van der Waals surface area contributed by atoms with Gasteiger partial charge in [0, 0.05) is 69.2 Å². The van der Waals surface area contributed by atoms with Gasteiger partial charge in [-0.1, -0.05) is 0 Å². The van der Waals surface area contributed by atoms with Crippen LogP contribution in [0.5, 0.6) is 0 Å². The maximum Gasteiger partial charge on any atom is 0.229 e. The van der Waals surface area contributed by atoms with Crippen molar-refractivity contribution in [2.24, 2.45) is 0 Å². The van der Waals surface area contributed by atoms with Crippen molar-refractivity contribution in [1.82, 2.24) is 19.9 Å². The zero-order valence-corrected chi connectivity index (χ0v) is 18.9. The van der Waals surface area contributed by atoms with Crippen LogP contribution in [0, 0.1) is 0 Å². The van der Waals surface area contributed by atoms with E-state index >= 15 is 0 Å². The third kappa shape index (κ3) is 4.85. The first-order chi connectivity index (χ1) is 16.2. The lowest BCUT2D eigenvalue weighted by Gasteiger charge is -2.36. The highest BCUT2D eigenvalue weighted by molar-refractivity contribution is 5.64. The van der Waals surface area contributed by atoms with E-state index in [1.54, 1.807) is 6.20 Å². The summed E-state index contributed by atoms with van der Waals surface area (Å²) in [4.78, 5) is 18.4.